The SMILES string of the molecule is CCn1cncc1CNc1cnn(CC(=O)NC2CC2)c1. The molecule has 112 valence electrons. The standard InChI is InChI=1S/C14H20N6O/c1-2-19-10-15-6-13(19)7-16-12-5-17-20(8-12)9-14(21)18-11-3-4-11/h5-6,8,10-11,16H,2-4,7,9H2,1H3,(H,18,21). The van der Waals surface area contributed by atoms with Gasteiger partial charge >= 0.3 is 0 Å². The Labute approximate surface area is 123 Å². The van der Waals surface area contributed by atoms with E-state index in [9.17, 15) is 4.79 Å². The van der Waals surface area contributed by atoms with Crippen LogP contribution in [0.5, 0.6) is 0 Å². The molecule has 7 heteroatoms. The van der Waals surface area contributed by atoms with Gasteiger partial charge in [0, 0.05) is 25.0 Å². The number of nitrogens with one attached hydrogen (secondary N) is 2. The molecule has 1 aliphatic carbocycles. The number of aromatic nitrogens is 4. The quantitative estimate of drug-likeness (QED) is 0.796. The fraction of sp³-hybridized carbons (Fsp3) is 0.500. The van der Waals surface area contributed by atoms with Gasteiger partial charge in [-0.1, -0.05) is 0 Å². The highest BCUT2D eigenvalue weighted by Gasteiger charge is 2.23. The monoisotopic (exact) mass is 288 g/mol. The third kappa shape index (κ3) is 3.62. The van der Waals surface area contributed by atoms with Gasteiger partial charge in [-0.25, -0.2) is 4.98 Å². The first kappa shape index (κ1) is 13.7. The lowest BCUT2D eigenvalue weighted by Gasteiger charge is -2.06. The van der Waals surface area contributed by atoms with Gasteiger partial charge in [-0.2, -0.15) is 5.10 Å². The lowest BCUT2D eigenvalue weighted by Crippen LogP contribution is -2.29. The Balaban J connectivity index is 1.51. The zero-order valence-corrected chi connectivity index (χ0v) is 12.1. The fourth-order valence-corrected chi connectivity index (χ4v) is 2.16. The Kier molecular flexibility index (Phi) is 3.89. The Morgan fingerprint density at radius 2 is 2.29 bits per heavy atom. The number of amides is 1. The van der Waals surface area contributed by atoms with Crippen LogP contribution in [0.4, 0.5) is 5.69 Å². The zero-order valence-electron chi connectivity index (χ0n) is 12.1. The second-order valence-electron chi connectivity index (χ2n) is 5.29. The Bertz CT molecular complexity index is 613. The van der Waals surface area contributed by atoms with Crippen molar-refractivity contribution in [2.75, 3.05) is 5.32 Å². The van der Waals surface area contributed by atoms with Crippen molar-refractivity contribution in [3.05, 3.63) is 30.6 Å². The minimum atomic E-state index is 0.0243. The van der Waals surface area contributed by atoms with Gasteiger partial charge in [0.15, 0.2) is 0 Å². The van der Waals surface area contributed by atoms with Crippen LogP contribution in [0, 0.1) is 0 Å². The van der Waals surface area contributed by atoms with Gasteiger partial charge in [0.1, 0.15) is 6.54 Å². The highest BCUT2D eigenvalue weighted by molar-refractivity contribution is 5.76. The highest BCUT2D eigenvalue weighted by atomic mass is 16.2. The molecule has 1 amide bonds. The van der Waals surface area contributed by atoms with Gasteiger partial charge in [-0.15, -0.1) is 0 Å². The maximum atomic E-state index is 11.7. The molecular formula is C14H20N6O. The number of nitrogens with zero attached hydrogens (tertiary/aromatic N) is 4. The Hall–Kier alpha value is -2.31. The van der Waals surface area contributed by atoms with Crippen LogP contribution in [0.15, 0.2) is 24.9 Å². The lowest BCUT2D eigenvalue weighted by atomic mass is 10.4. The predicted octanol–water partition coefficient (Wildman–Crippen LogP) is 0.990. The van der Waals surface area contributed by atoms with Crippen molar-refractivity contribution < 1.29 is 4.79 Å². The first-order valence-electron chi connectivity index (χ1n) is 7.29. The van der Waals surface area contributed by atoms with Crippen LogP contribution in [0.2, 0.25) is 0 Å². The van der Waals surface area contributed by atoms with Gasteiger partial charge in [-0.05, 0) is 19.8 Å². The molecule has 2 aromatic rings. The molecule has 0 atom stereocenters. The fourth-order valence-electron chi connectivity index (χ4n) is 2.16. The molecule has 0 aromatic carbocycles. The summed E-state index contributed by atoms with van der Waals surface area (Å²) < 4.78 is 3.73. The van der Waals surface area contributed by atoms with E-state index in [0.29, 0.717) is 12.6 Å². The van der Waals surface area contributed by atoms with Gasteiger partial charge < -0.3 is 15.2 Å². The molecule has 1 fully saturated rings. The van der Waals surface area contributed by atoms with E-state index in [4.69, 9.17) is 0 Å². The molecule has 2 N–H and O–H groups in total. The number of carbonyl (C=O) groups is 1. The Morgan fingerprint density at radius 3 is 3.05 bits per heavy atom. The summed E-state index contributed by atoms with van der Waals surface area (Å²) in [5, 5.41) is 10.4. The van der Waals surface area contributed by atoms with E-state index in [1.807, 2.05) is 18.7 Å². The minimum Gasteiger partial charge on any atom is -0.377 e. The Morgan fingerprint density at radius 1 is 1.43 bits per heavy atom. The number of aryl methyl sites for hydroxylation is 1. The van der Waals surface area contributed by atoms with Crippen LogP contribution < -0.4 is 10.6 Å². The van der Waals surface area contributed by atoms with Crippen molar-refractivity contribution in [1.82, 2.24) is 24.6 Å². The van der Waals surface area contributed by atoms with E-state index in [0.717, 1.165) is 30.8 Å². The number of hydrogen-bond donors (Lipinski definition) is 2. The second kappa shape index (κ2) is 5.99. The largest absolute Gasteiger partial charge is 0.377 e. The lowest BCUT2D eigenvalue weighted by molar-refractivity contribution is -0.122. The van der Waals surface area contributed by atoms with Crippen LogP contribution >= 0.6 is 0 Å². The van der Waals surface area contributed by atoms with Crippen LogP contribution in [0.1, 0.15) is 25.5 Å². The second-order valence-corrected chi connectivity index (χ2v) is 5.29. The molecule has 1 saturated carbocycles. The minimum absolute atomic E-state index is 0.0243. The normalized spacial score (nSPS) is 14.1. The van der Waals surface area contributed by atoms with Crippen molar-refractivity contribution in [3.63, 3.8) is 0 Å². The molecule has 1 aliphatic rings. The summed E-state index contributed by atoms with van der Waals surface area (Å²) in [5.74, 6) is 0.0243. The van der Waals surface area contributed by atoms with Crippen LogP contribution in [0.25, 0.3) is 0 Å². The molecular weight excluding hydrogens is 268 g/mol. The summed E-state index contributed by atoms with van der Waals surface area (Å²) >= 11 is 0. The molecule has 3 rings (SSSR count). The highest BCUT2D eigenvalue weighted by Crippen LogP contribution is 2.18. The molecule has 21 heavy (non-hydrogen) atoms. The van der Waals surface area contributed by atoms with E-state index in [1.54, 1.807) is 10.9 Å². The van der Waals surface area contributed by atoms with Crippen LogP contribution in [0.3, 0.4) is 0 Å². The molecule has 0 saturated heterocycles. The summed E-state index contributed by atoms with van der Waals surface area (Å²) in [6, 6.07) is 0.389. The van der Waals surface area contributed by atoms with Crippen LogP contribution in [-0.4, -0.2) is 31.3 Å². The smallest absolute Gasteiger partial charge is 0.241 e. The summed E-state index contributed by atoms with van der Waals surface area (Å²) in [6.07, 6.45) is 9.45. The van der Waals surface area contributed by atoms with Crippen LogP contribution in [-0.2, 0) is 24.4 Å². The third-order valence-electron chi connectivity index (χ3n) is 3.49. The van der Waals surface area contributed by atoms with Crippen molar-refractivity contribution >= 4 is 11.6 Å². The van der Waals surface area contributed by atoms with Gasteiger partial charge in [-0.3, -0.25) is 9.48 Å². The topological polar surface area (TPSA) is 76.8 Å². The molecule has 2 heterocycles. The zero-order chi connectivity index (χ0) is 14.7. The summed E-state index contributed by atoms with van der Waals surface area (Å²) in [6.45, 7) is 3.94. The van der Waals surface area contributed by atoms with E-state index >= 15 is 0 Å². The van der Waals surface area contributed by atoms with E-state index in [2.05, 4.69) is 32.2 Å². The molecule has 0 unspecified atom stereocenters. The molecule has 0 bridgehead atoms. The first-order valence-corrected chi connectivity index (χ1v) is 7.29. The number of carbonyl (C=O) groups excluding carboxylic acids is 1. The molecule has 0 spiro atoms. The van der Waals surface area contributed by atoms with Gasteiger partial charge in [0.25, 0.3) is 0 Å². The number of hydrogen-bond acceptors (Lipinski definition) is 4. The number of imidazole rings is 1. The third-order valence-corrected chi connectivity index (χ3v) is 3.49. The first-order chi connectivity index (χ1) is 10.2. The average molecular weight is 288 g/mol. The molecule has 0 aliphatic heterocycles. The predicted molar refractivity (Wildman–Crippen MR) is 78.6 cm³/mol. The van der Waals surface area contributed by atoms with Crippen molar-refractivity contribution in [2.24, 2.45) is 0 Å². The van der Waals surface area contributed by atoms with Gasteiger partial charge in [0.05, 0.1) is 30.5 Å². The molecule has 7 nitrogen and oxygen atoms in total. The van der Waals surface area contributed by atoms with Gasteiger partial charge in [0.2, 0.25) is 5.91 Å². The summed E-state index contributed by atoms with van der Waals surface area (Å²) in [5.41, 5.74) is 2.02. The number of rotatable bonds is 7. The maximum absolute atomic E-state index is 11.7. The summed E-state index contributed by atoms with van der Waals surface area (Å²) in [4.78, 5) is 15.8. The number of anilines is 1. The summed E-state index contributed by atoms with van der Waals surface area (Å²) in [7, 11) is 0. The van der Waals surface area contributed by atoms with E-state index in [1.165, 1.54) is 0 Å². The molecule has 0 radical (unpaired) electrons. The van der Waals surface area contributed by atoms with E-state index in [-0.39, 0.29) is 12.5 Å². The van der Waals surface area contributed by atoms with E-state index < -0.39 is 0 Å². The average Bonchev–Trinajstić information content (AvgIpc) is 3.00. The van der Waals surface area contributed by atoms with Crippen molar-refractivity contribution in [2.45, 2.75) is 45.4 Å². The molecule has 2 aromatic heterocycles. The van der Waals surface area contributed by atoms with Crippen molar-refractivity contribution in [3.8, 4) is 0 Å². The van der Waals surface area contributed by atoms with Crippen molar-refractivity contribution in [1.29, 1.82) is 0 Å². The maximum Gasteiger partial charge on any atom is 0.241 e.